The lowest BCUT2D eigenvalue weighted by Crippen LogP contribution is -2.41. The average molecular weight is 1700 g/mol. The summed E-state index contributed by atoms with van der Waals surface area (Å²) in [6, 6.07) is 28.0. The van der Waals surface area contributed by atoms with Crippen LogP contribution in [0.4, 0.5) is 47.5 Å². The van der Waals surface area contributed by atoms with Crippen LogP contribution in [0.25, 0.3) is 73.9 Å². The highest BCUT2D eigenvalue weighted by Crippen LogP contribution is 2.35. The second-order valence-electron chi connectivity index (χ2n) is 28.8. The Balaban J connectivity index is 0.000000152. The van der Waals surface area contributed by atoms with Gasteiger partial charge in [-0.3, -0.25) is 0 Å². The molecule has 33 nitrogen and oxygen atoms in total. The number of nitrogens with two attached hydrogens (primary N) is 5. The van der Waals surface area contributed by atoms with Gasteiger partial charge in [-0.2, -0.15) is 8.78 Å². The molecule has 0 bridgehead atoms. The summed E-state index contributed by atoms with van der Waals surface area (Å²) in [5, 5.41) is 20.3. The fraction of sp³-hybridized carbons (Fsp3) is 0.250. The molecule has 0 aliphatic carbocycles. The fourth-order valence-electron chi connectivity index (χ4n) is 11.9. The molecule has 0 saturated carbocycles. The number of halogens is 3. The second kappa shape index (κ2) is 44.1. The van der Waals surface area contributed by atoms with Crippen LogP contribution in [0, 0.1) is 11.9 Å². The van der Waals surface area contributed by atoms with E-state index < -0.39 is 30.2 Å². The summed E-state index contributed by atoms with van der Waals surface area (Å²) in [7, 11) is -1.78. The van der Waals surface area contributed by atoms with Gasteiger partial charge in [0.2, 0.25) is 11.9 Å². The van der Waals surface area contributed by atoms with Crippen LogP contribution in [0.5, 0.6) is 0 Å². The van der Waals surface area contributed by atoms with E-state index in [1.165, 1.54) is 30.1 Å². The molecule has 13 aromatic heterocycles. The van der Waals surface area contributed by atoms with Crippen LogP contribution in [0.1, 0.15) is 102 Å². The fourth-order valence-corrected chi connectivity index (χ4v) is 12.3. The molecule has 16 heterocycles. The Morgan fingerprint density at radius 3 is 1.18 bits per heavy atom. The van der Waals surface area contributed by atoms with Crippen molar-refractivity contribution in [3.8, 4) is 68.3 Å². The number of anilines is 5. The number of aromatic nitrogens is 19. The highest BCUT2D eigenvalue weighted by molar-refractivity contribution is 9.10. The zero-order valence-electron chi connectivity index (χ0n) is 67.2. The predicted molar refractivity (Wildman–Crippen MR) is 460 cm³/mol. The minimum Gasteiger partial charge on any atom is -0.444 e. The normalized spacial score (nSPS) is 13.2. The highest BCUT2D eigenvalue weighted by Gasteiger charge is 2.30. The number of rotatable bonds is 10. The monoisotopic (exact) mass is 1700 g/mol. The summed E-state index contributed by atoms with van der Waals surface area (Å²) in [4.78, 5) is 105. The van der Waals surface area contributed by atoms with Gasteiger partial charge in [0.05, 0.1) is 33.4 Å². The van der Waals surface area contributed by atoms with Gasteiger partial charge in [0.1, 0.15) is 40.3 Å². The highest BCUT2D eigenvalue weighted by atomic mass is 79.9. The first-order chi connectivity index (χ1) is 58.2. The quantitative estimate of drug-likeness (QED) is 0.0466. The summed E-state index contributed by atoms with van der Waals surface area (Å²) >= 11 is 3.32. The van der Waals surface area contributed by atoms with Crippen molar-refractivity contribution in [3.05, 3.63) is 254 Å². The van der Waals surface area contributed by atoms with Crippen molar-refractivity contribution in [2.45, 2.75) is 96.7 Å². The number of nitrogens with zero attached hydrogens (tertiary/aromatic N) is 21. The van der Waals surface area contributed by atoms with Crippen molar-refractivity contribution in [2.75, 3.05) is 67.9 Å². The second-order valence-corrected chi connectivity index (χ2v) is 29.7. The first-order valence-corrected chi connectivity index (χ1v) is 39.0. The van der Waals surface area contributed by atoms with Crippen LogP contribution in [0.2, 0.25) is 0 Å². The van der Waals surface area contributed by atoms with Crippen molar-refractivity contribution >= 4 is 75.4 Å². The molecule has 3 aliphatic heterocycles. The molecule has 2 saturated heterocycles. The Morgan fingerprint density at radius 2 is 0.777 bits per heavy atom. The number of piperidine rings is 2. The van der Waals surface area contributed by atoms with Gasteiger partial charge in [0, 0.05) is 154 Å². The SMILES string of the molecule is CC(C)(C)OC(=O)N1CC=C(c2cnc(N)c(-c3ncccn3)c2)CC1.CC(C)(C)OC(=O)N1CCC(c2cnc(N)c(-c3ncccn3)c2)CC1.Fc1ncccc1-c1ncccn1.Nc1ncc(Br)cc1-c1ncccn1.Nc1ncc(C2CCNCC2)cc1-c1ncccn1.Nc1ncccc1-c1ncccn1.OB(O)c1cccnc1F. The molecule has 37 heteroatoms. The molecule has 13 aromatic rings. The Morgan fingerprint density at radius 1 is 0.421 bits per heavy atom. The maximum absolute atomic E-state index is 13.1. The van der Waals surface area contributed by atoms with Crippen LogP contribution in [0.15, 0.2) is 225 Å². The molecule has 0 spiro atoms. The van der Waals surface area contributed by atoms with E-state index in [0.717, 1.165) is 88.6 Å². The third-order valence-corrected chi connectivity index (χ3v) is 18.3. The van der Waals surface area contributed by atoms with Crippen molar-refractivity contribution in [3.63, 3.8) is 0 Å². The number of hydrogen-bond acceptors (Lipinski definition) is 31. The standard InChI is InChI=1S/C19H25N5O2.C19H23N5O2.C14H17N5.C9H7BrN4.C9H6FN3.C9H8N4.C5H5BFNO2/c2*1-19(2,3)26-18(25)24-9-5-13(6-10-24)14-11-15(16(20)23-12-14)17-21-7-4-8-22-17;15-13-12(14-17-4-1-5-18-14)8-11(9-19-13)10-2-6-16-7-3-10;10-6-4-7(8(11)14-5-6)9-12-2-1-3-13-9;2*10-8-7(3-1-4-11-8)9-12-5-2-6-13-9;7-5-4(6(9)10)2-1-3-8-5/h4,7-8,11-13H,5-6,9-10H2,1-3H3,(H2,20,23);4-5,7-8,11-12H,6,9-10H2,1-3H3,(H2,20,23);1,4-5,8-10,16H,2-3,6-7H2,(H2,15,19);1-5H,(H2,11,14);1-6H;1-6H,(H2,10,11);1-3,9-10H. The molecule has 0 unspecified atom stereocenters. The van der Waals surface area contributed by atoms with Gasteiger partial charge in [-0.05, 0) is 228 Å². The maximum atomic E-state index is 13.1. The lowest BCUT2D eigenvalue weighted by Gasteiger charge is -2.33. The van der Waals surface area contributed by atoms with E-state index in [0.29, 0.717) is 113 Å². The average Bonchev–Trinajstić information content (AvgIpc) is 0.822. The number of pyridine rings is 7. The minimum atomic E-state index is -1.78. The van der Waals surface area contributed by atoms with Crippen LogP contribution in [-0.2, 0) is 9.47 Å². The first-order valence-electron chi connectivity index (χ1n) is 38.2. The number of carbonyl (C=O) groups excluding carboxylic acids is 2. The van der Waals surface area contributed by atoms with Gasteiger partial charge < -0.3 is 63.3 Å². The predicted octanol–water partition coefficient (Wildman–Crippen LogP) is 11.6. The van der Waals surface area contributed by atoms with E-state index in [-0.39, 0.29) is 17.6 Å². The van der Waals surface area contributed by atoms with Gasteiger partial charge in [0.15, 0.2) is 34.9 Å². The molecule has 13 N–H and O–H groups in total. The van der Waals surface area contributed by atoms with E-state index in [4.69, 9.17) is 48.2 Å². The zero-order valence-corrected chi connectivity index (χ0v) is 68.8. The number of carbonyl (C=O) groups is 2. The van der Waals surface area contributed by atoms with Gasteiger partial charge in [0.25, 0.3) is 0 Å². The van der Waals surface area contributed by atoms with E-state index in [2.05, 4.69) is 122 Å². The molecule has 0 atom stereocenters. The molecule has 0 aromatic carbocycles. The molecule has 622 valence electrons. The van der Waals surface area contributed by atoms with Gasteiger partial charge in [-0.1, -0.05) is 12.1 Å². The lowest BCUT2D eigenvalue weighted by atomic mass is 9.81. The molecule has 16 rings (SSSR count). The Hall–Kier alpha value is -13.9. The Bertz CT molecular complexity index is 5410. The first kappa shape index (κ1) is 89.4. The number of hydrogen-bond donors (Lipinski definition) is 8. The Labute approximate surface area is 706 Å². The van der Waals surface area contributed by atoms with E-state index in [1.54, 1.807) is 151 Å². The summed E-state index contributed by atoms with van der Waals surface area (Å²) < 4.78 is 37.2. The van der Waals surface area contributed by atoms with Crippen molar-refractivity contribution in [2.24, 2.45) is 0 Å². The number of amides is 2. The maximum Gasteiger partial charge on any atom is 0.493 e. The molecule has 2 fully saturated rings. The third-order valence-electron chi connectivity index (χ3n) is 17.8. The van der Waals surface area contributed by atoms with Gasteiger partial charge >= 0.3 is 19.3 Å². The van der Waals surface area contributed by atoms with Crippen molar-refractivity contribution in [1.82, 2.24) is 110 Å². The van der Waals surface area contributed by atoms with Gasteiger partial charge in [-0.25, -0.2) is 104 Å². The minimum absolute atomic E-state index is 0.206. The van der Waals surface area contributed by atoms with Crippen molar-refractivity contribution < 1.29 is 37.9 Å². The largest absolute Gasteiger partial charge is 0.493 e. The number of nitrogens with one attached hydrogen (secondary N) is 1. The molecule has 0 radical (unpaired) electrons. The zero-order chi connectivity index (χ0) is 86.3. The molecule has 121 heavy (non-hydrogen) atoms. The van der Waals surface area contributed by atoms with Crippen LogP contribution >= 0.6 is 15.9 Å². The summed E-state index contributed by atoms with van der Waals surface area (Å²) in [5.41, 5.74) is 36.7. The number of likely N-dealkylation sites (tertiary alicyclic amines) is 1. The van der Waals surface area contributed by atoms with E-state index in [9.17, 15) is 18.4 Å². The lowest BCUT2D eigenvalue weighted by molar-refractivity contribution is 0.0203. The van der Waals surface area contributed by atoms with Crippen LogP contribution < -0.4 is 39.4 Å². The summed E-state index contributed by atoms with van der Waals surface area (Å²) in [6.07, 6.45) is 37.6. The third kappa shape index (κ3) is 27.3. The molecular weight excluding hydrogens is 1610 g/mol. The molecule has 3 aliphatic rings. The molecular formula is C84H91BBrF2N27O6. The number of nitrogen functional groups attached to an aromatic ring is 5. The van der Waals surface area contributed by atoms with Gasteiger partial charge in [-0.15, -0.1) is 0 Å². The van der Waals surface area contributed by atoms with Crippen molar-refractivity contribution in [1.29, 1.82) is 0 Å². The van der Waals surface area contributed by atoms with E-state index in [1.807, 2.05) is 90.3 Å². The smallest absolute Gasteiger partial charge is 0.444 e. The molecule has 2 amide bonds. The Kier molecular flexibility index (Phi) is 32.6. The number of ether oxygens (including phenoxy) is 2. The van der Waals surface area contributed by atoms with Crippen LogP contribution in [0.3, 0.4) is 0 Å². The summed E-state index contributed by atoms with van der Waals surface area (Å²) in [5.74, 6) is 4.97. The van der Waals surface area contributed by atoms with Crippen LogP contribution in [-0.4, -0.2) is 184 Å². The summed E-state index contributed by atoms with van der Waals surface area (Å²) in [6.45, 7) is 15.8. The topological polar surface area (TPSA) is 487 Å². The van der Waals surface area contributed by atoms with E-state index >= 15 is 0 Å².